The Morgan fingerprint density at radius 3 is 2.41 bits per heavy atom. The molecule has 1 amide bonds. The summed E-state index contributed by atoms with van der Waals surface area (Å²) >= 11 is 5.47. The first-order valence-electron chi connectivity index (χ1n) is 9.12. The fourth-order valence-corrected chi connectivity index (χ4v) is 6.46. The molecule has 2 aromatic rings. The Morgan fingerprint density at radius 1 is 1.10 bits per heavy atom. The van der Waals surface area contributed by atoms with Crippen molar-refractivity contribution < 1.29 is 18.9 Å². The average molecular weight is 431 g/mol. The van der Waals surface area contributed by atoms with Crippen molar-refractivity contribution in [3.05, 3.63) is 65.7 Å². The van der Waals surface area contributed by atoms with Crippen LogP contribution in [0.15, 0.2) is 54.6 Å². The molecule has 1 N–H and O–H groups in total. The van der Waals surface area contributed by atoms with E-state index in [1.165, 1.54) is 16.5 Å². The van der Waals surface area contributed by atoms with Crippen LogP contribution in [0.2, 0.25) is 0 Å². The molecule has 3 rings (SSSR count). The van der Waals surface area contributed by atoms with E-state index < -0.39 is 19.3 Å². The zero-order valence-corrected chi connectivity index (χ0v) is 17.9. The fraction of sp³-hybridized carbons (Fsp3) is 0.250. The van der Waals surface area contributed by atoms with Gasteiger partial charge in [-0.2, -0.15) is 0 Å². The van der Waals surface area contributed by atoms with Crippen LogP contribution in [-0.4, -0.2) is 41.5 Å². The van der Waals surface area contributed by atoms with Crippen molar-refractivity contribution in [1.29, 1.82) is 0 Å². The number of nitrogens with zero attached hydrogens (tertiary/aromatic N) is 2. The third-order valence-corrected chi connectivity index (χ3v) is 8.11. The maximum Gasteiger partial charge on any atom is 0.325 e. The number of esters is 1. The molecule has 7 nitrogen and oxygen atoms in total. The van der Waals surface area contributed by atoms with E-state index in [1.54, 1.807) is 24.3 Å². The number of rotatable bonds is 6. The Hall–Kier alpha value is -2.70. The zero-order chi connectivity index (χ0) is 21.0. The van der Waals surface area contributed by atoms with Gasteiger partial charge in [0.1, 0.15) is 6.54 Å². The van der Waals surface area contributed by atoms with Gasteiger partial charge in [0, 0.05) is 6.54 Å². The summed E-state index contributed by atoms with van der Waals surface area (Å²) in [5.74, 6) is -0.970. The lowest BCUT2D eigenvalue weighted by Gasteiger charge is -2.44. The highest BCUT2D eigenvalue weighted by atomic mass is 32.1. The molecule has 152 valence electrons. The maximum atomic E-state index is 14.4. The van der Waals surface area contributed by atoms with Gasteiger partial charge >= 0.3 is 13.4 Å². The highest BCUT2D eigenvalue weighted by Gasteiger charge is 2.50. The van der Waals surface area contributed by atoms with Crippen LogP contribution in [0.3, 0.4) is 0 Å². The molecule has 0 spiro atoms. The van der Waals surface area contributed by atoms with Crippen molar-refractivity contribution in [1.82, 2.24) is 9.99 Å². The predicted molar refractivity (Wildman–Crippen MR) is 116 cm³/mol. The van der Waals surface area contributed by atoms with E-state index in [-0.39, 0.29) is 17.8 Å². The van der Waals surface area contributed by atoms with E-state index in [1.807, 2.05) is 37.3 Å². The second-order valence-corrected chi connectivity index (χ2v) is 9.59. The molecule has 0 radical (unpaired) electrons. The van der Waals surface area contributed by atoms with Gasteiger partial charge in [0.15, 0.2) is 4.73 Å². The topological polar surface area (TPSA) is 79.0 Å². The van der Waals surface area contributed by atoms with Gasteiger partial charge in [0.05, 0.1) is 24.9 Å². The van der Waals surface area contributed by atoms with E-state index in [9.17, 15) is 14.2 Å². The number of amides is 1. The minimum atomic E-state index is -3.83. The highest BCUT2D eigenvalue weighted by Crippen LogP contribution is 2.60. The zero-order valence-electron chi connectivity index (χ0n) is 16.2. The summed E-state index contributed by atoms with van der Waals surface area (Å²) in [6.07, 6.45) is 0. The van der Waals surface area contributed by atoms with Crippen LogP contribution in [0, 0.1) is 0 Å². The Bertz CT molecular complexity index is 983. The van der Waals surface area contributed by atoms with Crippen LogP contribution in [0.4, 0.5) is 5.69 Å². The summed E-state index contributed by atoms with van der Waals surface area (Å²) in [6, 6.07) is 16.0. The SMILES string of the molecule is CCNC(=S)[P@@]1(=O)N(Cc2ccccc2)C(=O)c2ccccc2N1CC(=O)OC. The van der Waals surface area contributed by atoms with Gasteiger partial charge in [0.2, 0.25) is 0 Å². The molecule has 0 unspecified atom stereocenters. The van der Waals surface area contributed by atoms with Crippen molar-refractivity contribution in [2.75, 3.05) is 24.9 Å². The molecule has 1 heterocycles. The highest BCUT2D eigenvalue weighted by molar-refractivity contribution is 8.01. The number of hydrogen-bond donors (Lipinski definition) is 1. The van der Waals surface area contributed by atoms with Gasteiger partial charge in [-0.25, -0.2) is 0 Å². The number of benzene rings is 2. The van der Waals surface area contributed by atoms with Crippen molar-refractivity contribution in [3.8, 4) is 0 Å². The van der Waals surface area contributed by atoms with Crippen LogP contribution in [0.5, 0.6) is 0 Å². The number of hydrogen-bond acceptors (Lipinski definition) is 5. The normalized spacial score (nSPS) is 18.2. The van der Waals surface area contributed by atoms with E-state index >= 15 is 0 Å². The van der Waals surface area contributed by atoms with Gasteiger partial charge in [-0.3, -0.25) is 23.5 Å². The third-order valence-electron chi connectivity index (χ3n) is 4.58. The number of fused-ring (bicyclic) bond motifs is 1. The number of methoxy groups -OCH3 is 1. The number of para-hydroxylation sites is 1. The Labute approximate surface area is 175 Å². The molecule has 0 aromatic heterocycles. The van der Waals surface area contributed by atoms with Crippen molar-refractivity contribution >= 4 is 42.0 Å². The number of carbonyl (C=O) groups is 2. The van der Waals surface area contributed by atoms with Crippen molar-refractivity contribution in [2.45, 2.75) is 13.5 Å². The molecule has 0 saturated carbocycles. The van der Waals surface area contributed by atoms with E-state index in [0.717, 1.165) is 5.56 Å². The molecule has 0 saturated heterocycles. The first kappa shape index (κ1) is 21.0. The Morgan fingerprint density at radius 2 is 1.76 bits per heavy atom. The molecule has 0 fully saturated rings. The number of carbonyl (C=O) groups excluding carboxylic acids is 2. The maximum absolute atomic E-state index is 14.4. The van der Waals surface area contributed by atoms with Gasteiger partial charge in [0.25, 0.3) is 5.91 Å². The Balaban J connectivity index is 2.19. The average Bonchev–Trinajstić information content (AvgIpc) is 2.74. The second-order valence-electron chi connectivity index (χ2n) is 6.38. The summed E-state index contributed by atoms with van der Waals surface area (Å²) in [6.45, 7) is 2.05. The smallest absolute Gasteiger partial charge is 0.325 e. The largest absolute Gasteiger partial charge is 0.468 e. The van der Waals surface area contributed by atoms with Gasteiger partial charge in [-0.05, 0) is 24.6 Å². The summed E-state index contributed by atoms with van der Waals surface area (Å²) in [4.78, 5) is 25.5. The molecular weight excluding hydrogens is 409 g/mol. The van der Waals surface area contributed by atoms with E-state index in [0.29, 0.717) is 17.8 Å². The lowest BCUT2D eigenvalue weighted by molar-refractivity contribution is -0.138. The molecule has 1 aliphatic rings. The van der Waals surface area contributed by atoms with Crippen molar-refractivity contribution in [2.24, 2.45) is 0 Å². The minimum absolute atomic E-state index is 0.0303. The first-order chi connectivity index (χ1) is 13.9. The first-order valence-corrected chi connectivity index (χ1v) is 11.1. The molecular formula is C20H22N3O4PS. The molecule has 0 bridgehead atoms. The fourth-order valence-electron chi connectivity index (χ4n) is 3.18. The molecule has 0 aliphatic carbocycles. The van der Waals surface area contributed by atoms with Crippen LogP contribution in [0.1, 0.15) is 22.8 Å². The summed E-state index contributed by atoms with van der Waals surface area (Å²) in [5, 5.41) is 2.92. The lowest BCUT2D eigenvalue weighted by atomic mass is 10.1. The second kappa shape index (κ2) is 8.76. The molecule has 2 aromatic carbocycles. The quantitative estimate of drug-likeness (QED) is 0.427. The van der Waals surface area contributed by atoms with Gasteiger partial charge in [-0.1, -0.05) is 54.7 Å². The monoisotopic (exact) mass is 431 g/mol. The number of ether oxygens (including phenoxy) is 1. The number of thiocarbonyl (C=S) groups is 1. The molecule has 1 atom stereocenters. The third kappa shape index (κ3) is 3.91. The van der Waals surface area contributed by atoms with E-state index in [2.05, 4.69) is 5.32 Å². The summed E-state index contributed by atoms with van der Waals surface area (Å²) in [7, 11) is -2.56. The van der Waals surface area contributed by atoms with Crippen LogP contribution < -0.4 is 9.99 Å². The van der Waals surface area contributed by atoms with Crippen LogP contribution >= 0.6 is 19.7 Å². The number of anilines is 1. The van der Waals surface area contributed by atoms with Crippen LogP contribution in [0.25, 0.3) is 0 Å². The molecule has 29 heavy (non-hydrogen) atoms. The molecule has 1 aliphatic heterocycles. The standard InChI is InChI=1S/C20H22N3O4PS/c1-3-21-20(29)28(26)22(14-18(24)27-2)17-12-8-7-11-16(17)19(25)23(28)13-15-9-5-4-6-10-15/h4-12H,3,13-14H2,1-2H3,(H,21,29)/t28-/m0/s1. The summed E-state index contributed by atoms with van der Waals surface area (Å²) < 4.78 is 22.0. The van der Waals surface area contributed by atoms with Crippen molar-refractivity contribution in [3.63, 3.8) is 0 Å². The minimum Gasteiger partial charge on any atom is -0.468 e. The lowest BCUT2D eigenvalue weighted by Crippen LogP contribution is -2.47. The van der Waals surface area contributed by atoms with Gasteiger partial charge < -0.3 is 10.1 Å². The van der Waals surface area contributed by atoms with E-state index in [4.69, 9.17) is 17.0 Å². The number of nitrogens with one attached hydrogen (secondary N) is 1. The van der Waals surface area contributed by atoms with Gasteiger partial charge in [-0.15, -0.1) is 0 Å². The van der Waals surface area contributed by atoms with Crippen LogP contribution in [-0.2, 0) is 20.6 Å². The molecule has 9 heteroatoms. The predicted octanol–water partition coefficient (Wildman–Crippen LogP) is 3.41. The summed E-state index contributed by atoms with van der Waals surface area (Å²) in [5.41, 5.74) is 1.56. The Kier molecular flexibility index (Phi) is 6.35.